The zero-order valence-electron chi connectivity index (χ0n) is 24.1. The van der Waals surface area contributed by atoms with Gasteiger partial charge >= 0.3 is 12.2 Å². The van der Waals surface area contributed by atoms with Crippen LogP contribution < -0.4 is 25.4 Å². The lowest BCUT2D eigenvalue weighted by molar-refractivity contribution is -0.137. The van der Waals surface area contributed by atoms with Crippen LogP contribution in [0.1, 0.15) is 17.5 Å². The van der Waals surface area contributed by atoms with Crippen molar-refractivity contribution in [1.29, 1.82) is 0 Å². The third-order valence-corrected chi connectivity index (χ3v) is 6.13. The number of alkyl halides is 3. The largest absolute Gasteiger partial charge is 0.491 e. The van der Waals surface area contributed by atoms with E-state index >= 15 is 0 Å². The lowest BCUT2D eigenvalue weighted by atomic mass is 10.1. The number of urea groups is 1. The number of hydrogen-bond acceptors (Lipinski definition) is 8. The number of nitrogens with one attached hydrogen (secondary N) is 3. The predicted molar refractivity (Wildman–Crippen MR) is 159 cm³/mol. The number of halogens is 3. The van der Waals surface area contributed by atoms with E-state index in [0.717, 1.165) is 18.7 Å². The molecule has 0 saturated heterocycles. The molecule has 13 heteroatoms. The summed E-state index contributed by atoms with van der Waals surface area (Å²) in [6.45, 7) is 2.80. The summed E-state index contributed by atoms with van der Waals surface area (Å²) in [5, 5.41) is 8.04. The number of nitrogens with zero attached hydrogens (tertiary/aromatic N) is 4. The van der Waals surface area contributed by atoms with Crippen molar-refractivity contribution >= 4 is 23.4 Å². The number of anilines is 3. The molecule has 2 aromatic heterocycles. The van der Waals surface area contributed by atoms with E-state index in [2.05, 4.69) is 30.9 Å². The molecule has 4 rings (SSSR count). The minimum atomic E-state index is -4.58. The Morgan fingerprint density at radius 2 is 1.77 bits per heavy atom. The average Bonchev–Trinajstić information content (AvgIpc) is 2.97. The van der Waals surface area contributed by atoms with Crippen LogP contribution in [0.25, 0.3) is 11.3 Å². The van der Waals surface area contributed by atoms with Gasteiger partial charge < -0.3 is 30.3 Å². The highest BCUT2D eigenvalue weighted by molar-refractivity contribution is 6.00. The van der Waals surface area contributed by atoms with E-state index in [1.807, 2.05) is 25.1 Å². The molecule has 0 aliphatic carbocycles. The van der Waals surface area contributed by atoms with E-state index in [4.69, 9.17) is 9.47 Å². The molecular formula is C30H32F3N7O3. The summed E-state index contributed by atoms with van der Waals surface area (Å²) in [4.78, 5) is 27.7. The maximum absolute atomic E-state index is 13.4. The number of aromatic nitrogens is 3. The predicted octanol–water partition coefficient (Wildman–Crippen LogP) is 6.67. The number of carbonyl (C=O) groups is 1. The first-order valence-electron chi connectivity index (χ1n) is 13.3. The number of amides is 2. The van der Waals surface area contributed by atoms with Gasteiger partial charge in [-0.05, 0) is 87.6 Å². The quantitative estimate of drug-likeness (QED) is 0.165. The number of rotatable bonds is 11. The van der Waals surface area contributed by atoms with Crippen molar-refractivity contribution in [3.8, 4) is 28.6 Å². The first-order valence-corrected chi connectivity index (χ1v) is 13.3. The fraction of sp³-hybridized carbons (Fsp3) is 0.267. The molecule has 2 amide bonds. The van der Waals surface area contributed by atoms with Crippen molar-refractivity contribution in [2.75, 3.05) is 50.2 Å². The molecule has 0 atom stereocenters. The second-order valence-corrected chi connectivity index (χ2v) is 9.75. The zero-order valence-corrected chi connectivity index (χ0v) is 24.1. The third kappa shape index (κ3) is 8.55. The first kappa shape index (κ1) is 31.0. The molecular weight excluding hydrogens is 563 g/mol. The third-order valence-electron chi connectivity index (χ3n) is 6.13. The summed E-state index contributed by atoms with van der Waals surface area (Å²) in [5.41, 5.74) is 1.35. The van der Waals surface area contributed by atoms with Crippen LogP contribution in [0.4, 0.5) is 35.3 Å². The molecule has 0 bridgehead atoms. The van der Waals surface area contributed by atoms with Crippen LogP contribution in [0.3, 0.4) is 0 Å². The standard InChI is InChI=1S/C30H32F3N7O3/c1-19-17-21(9-11-25(19)43-27-22(7-5-13-35-27)23-12-14-36-28(34-2)38-23)37-29(41)39-24-18-20(30(31,32)33)8-10-26(24)42-16-6-15-40(3)4/h5,7-14,17-18H,6,15-16H2,1-4H3,(H,34,36,38)(H2,37,39,41). The van der Waals surface area contributed by atoms with Crippen LogP contribution in [0.2, 0.25) is 0 Å². The van der Waals surface area contributed by atoms with Gasteiger partial charge in [0.1, 0.15) is 11.5 Å². The molecule has 0 fully saturated rings. The van der Waals surface area contributed by atoms with Gasteiger partial charge in [0.05, 0.1) is 29.1 Å². The molecule has 43 heavy (non-hydrogen) atoms. The van der Waals surface area contributed by atoms with Crippen LogP contribution >= 0.6 is 0 Å². The molecule has 0 unspecified atom stereocenters. The summed E-state index contributed by atoms with van der Waals surface area (Å²) >= 11 is 0. The van der Waals surface area contributed by atoms with Crippen molar-refractivity contribution in [3.63, 3.8) is 0 Å². The molecule has 0 radical (unpaired) electrons. The molecule has 3 N–H and O–H groups in total. The Morgan fingerprint density at radius 1 is 0.977 bits per heavy atom. The highest BCUT2D eigenvalue weighted by Gasteiger charge is 2.31. The van der Waals surface area contributed by atoms with Gasteiger partial charge in [0, 0.05) is 31.7 Å². The zero-order chi connectivity index (χ0) is 31.0. The van der Waals surface area contributed by atoms with Crippen LogP contribution in [0.5, 0.6) is 17.4 Å². The average molecular weight is 596 g/mol. The number of carbonyl (C=O) groups excluding carboxylic acids is 1. The molecule has 2 heterocycles. The van der Waals surface area contributed by atoms with E-state index in [-0.39, 0.29) is 18.0 Å². The molecule has 2 aromatic carbocycles. The Labute approximate surface area is 247 Å². The van der Waals surface area contributed by atoms with E-state index < -0.39 is 17.8 Å². The molecule has 226 valence electrons. The summed E-state index contributed by atoms with van der Waals surface area (Å²) in [6.07, 6.45) is -0.702. The normalized spacial score (nSPS) is 11.3. The lowest BCUT2D eigenvalue weighted by Crippen LogP contribution is -2.21. The molecule has 0 spiro atoms. The molecule has 4 aromatic rings. The second-order valence-electron chi connectivity index (χ2n) is 9.75. The molecule has 0 aliphatic rings. The van der Waals surface area contributed by atoms with Crippen LogP contribution in [0.15, 0.2) is 67.0 Å². The Bertz CT molecular complexity index is 1560. The van der Waals surface area contributed by atoms with E-state index in [9.17, 15) is 18.0 Å². The van der Waals surface area contributed by atoms with Gasteiger partial charge in [-0.25, -0.2) is 19.7 Å². The first-order chi connectivity index (χ1) is 20.5. The van der Waals surface area contributed by atoms with Gasteiger partial charge in [-0.3, -0.25) is 0 Å². The monoisotopic (exact) mass is 595 g/mol. The van der Waals surface area contributed by atoms with E-state index in [1.54, 1.807) is 56.7 Å². The Kier molecular flexibility index (Phi) is 9.99. The maximum Gasteiger partial charge on any atom is 0.416 e. The summed E-state index contributed by atoms with van der Waals surface area (Å²) < 4.78 is 51.9. The molecule has 0 saturated carbocycles. The number of aryl methyl sites for hydroxylation is 1. The lowest BCUT2D eigenvalue weighted by Gasteiger charge is -2.17. The van der Waals surface area contributed by atoms with Gasteiger partial charge in [0.2, 0.25) is 11.8 Å². The van der Waals surface area contributed by atoms with Crippen LogP contribution in [0, 0.1) is 6.92 Å². The van der Waals surface area contributed by atoms with E-state index in [1.165, 1.54) is 6.07 Å². The number of benzene rings is 2. The number of ether oxygens (including phenoxy) is 2. The van der Waals surface area contributed by atoms with Gasteiger partial charge in [-0.2, -0.15) is 13.2 Å². The Hall–Kier alpha value is -4.91. The highest BCUT2D eigenvalue weighted by atomic mass is 19.4. The van der Waals surface area contributed by atoms with Crippen molar-refractivity contribution in [3.05, 3.63) is 78.1 Å². The molecule has 10 nitrogen and oxygen atoms in total. The van der Waals surface area contributed by atoms with Gasteiger partial charge in [0.25, 0.3) is 0 Å². The van der Waals surface area contributed by atoms with Gasteiger partial charge in [0.15, 0.2) is 0 Å². The molecule has 0 aliphatic heterocycles. The Morgan fingerprint density at radius 3 is 2.49 bits per heavy atom. The topological polar surface area (TPSA) is 114 Å². The SMILES string of the molecule is CNc1nccc(-c2cccnc2Oc2ccc(NC(=O)Nc3cc(C(F)(F)F)ccc3OCCCN(C)C)cc2C)n1. The van der Waals surface area contributed by atoms with Gasteiger partial charge in [-0.1, -0.05) is 0 Å². The number of pyridine rings is 1. The van der Waals surface area contributed by atoms with Crippen molar-refractivity contribution in [2.24, 2.45) is 0 Å². The van der Waals surface area contributed by atoms with E-state index in [0.29, 0.717) is 46.5 Å². The smallest absolute Gasteiger partial charge is 0.416 e. The highest BCUT2D eigenvalue weighted by Crippen LogP contribution is 2.36. The fourth-order valence-corrected chi connectivity index (χ4v) is 4.02. The summed E-state index contributed by atoms with van der Waals surface area (Å²) in [7, 11) is 5.54. The summed E-state index contributed by atoms with van der Waals surface area (Å²) in [5.74, 6) is 1.40. The minimum Gasteiger partial charge on any atom is -0.491 e. The van der Waals surface area contributed by atoms with Crippen LogP contribution in [-0.2, 0) is 6.18 Å². The second kappa shape index (κ2) is 13.8. The Balaban J connectivity index is 1.47. The van der Waals surface area contributed by atoms with Crippen LogP contribution in [-0.4, -0.2) is 60.2 Å². The maximum atomic E-state index is 13.4. The minimum absolute atomic E-state index is 0.0947. The fourth-order valence-electron chi connectivity index (χ4n) is 4.02. The number of hydrogen-bond donors (Lipinski definition) is 3. The van der Waals surface area contributed by atoms with Crippen molar-refractivity contribution < 1.29 is 27.4 Å². The summed E-state index contributed by atoms with van der Waals surface area (Å²) in [6, 6.07) is 12.5. The van der Waals surface area contributed by atoms with Crippen molar-refractivity contribution in [2.45, 2.75) is 19.5 Å². The van der Waals surface area contributed by atoms with Gasteiger partial charge in [-0.15, -0.1) is 0 Å². The van der Waals surface area contributed by atoms with Crippen molar-refractivity contribution in [1.82, 2.24) is 19.9 Å².